The van der Waals surface area contributed by atoms with Crippen molar-refractivity contribution in [1.29, 1.82) is 0 Å². The van der Waals surface area contributed by atoms with Crippen molar-refractivity contribution in [3.63, 3.8) is 0 Å². The lowest BCUT2D eigenvalue weighted by Gasteiger charge is -2.42. The van der Waals surface area contributed by atoms with E-state index in [9.17, 15) is 19.7 Å². The van der Waals surface area contributed by atoms with Gasteiger partial charge >= 0.3 is 11.9 Å². The molecule has 0 saturated carbocycles. The Hall–Kier alpha value is -2.28. The van der Waals surface area contributed by atoms with E-state index in [0.29, 0.717) is 11.1 Å². The van der Waals surface area contributed by atoms with E-state index in [4.69, 9.17) is 9.47 Å². The third-order valence-electron chi connectivity index (χ3n) is 4.34. The number of carbonyl (C=O) groups excluding carboxylic acids is 2. The zero-order valence-electron chi connectivity index (χ0n) is 10.1. The summed E-state index contributed by atoms with van der Waals surface area (Å²) in [4.78, 5) is 34.3. The molecule has 0 radical (unpaired) electrons. The number of cyclic esters (lactones) is 2. The molecule has 102 valence electrons. The Morgan fingerprint density at radius 1 is 1.20 bits per heavy atom. The second kappa shape index (κ2) is 3.63. The van der Waals surface area contributed by atoms with Gasteiger partial charge in [0, 0.05) is 17.5 Å². The molecular formula is C13H9NO6. The average molecular weight is 275 g/mol. The highest BCUT2D eigenvalue weighted by Crippen LogP contribution is 2.56. The third-order valence-corrected chi connectivity index (χ3v) is 4.34. The van der Waals surface area contributed by atoms with Gasteiger partial charge in [0.05, 0.1) is 23.6 Å². The molecule has 4 aliphatic rings. The van der Waals surface area contributed by atoms with E-state index in [0.717, 1.165) is 0 Å². The van der Waals surface area contributed by atoms with Crippen molar-refractivity contribution in [3.05, 3.63) is 39.4 Å². The van der Waals surface area contributed by atoms with Crippen molar-refractivity contribution in [2.24, 2.45) is 11.8 Å². The molecule has 0 spiro atoms. The summed E-state index contributed by atoms with van der Waals surface area (Å²) in [6.45, 7) is 0.200. The zero-order chi connectivity index (χ0) is 14.0. The molecule has 0 amide bonds. The predicted octanol–water partition coefficient (Wildman–Crippen LogP) is 1.08. The fraction of sp³-hybridized carbons (Fsp3) is 0.385. The van der Waals surface area contributed by atoms with Gasteiger partial charge in [0.15, 0.2) is 0 Å². The highest BCUT2D eigenvalue weighted by molar-refractivity contribution is 5.98. The van der Waals surface area contributed by atoms with Crippen LogP contribution in [0.1, 0.15) is 23.1 Å². The normalized spacial score (nSPS) is 33.6. The van der Waals surface area contributed by atoms with Crippen LogP contribution in [0.3, 0.4) is 0 Å². The summed E-state index contributed by atoms with van der Waals surface area (Å²) in [6, 6.07) is 4.69. The van der Waals surface area contributed by atoms with Gasteiger partial charge in [-0.05, 0) is 5.56 Å². The molecule has 7 heteroatoms. The van der Waals surface area contributed by atoms with Gasteiger partial charge in [0.25, 0.3) is 5.69 Å². The van der Waals surface area contributed by atoms with Crippen LogP contribution in [0, 0.1) is 22.0 Å². The van der Waals surface area contributed by atoms with Gasteiger partial charge in [-0.2, -0.15) is 0 Å². The molecule has 2 bridgehead atoms. The average Bonchev–Trinajstić information content (AvgIpc) is 2.76. The summed E-state index contributed by atoms with van der Waals surface area (Å²) in [5.41, 5.74) is 1.12. The molecule has 1 aromatic carbocycles. The number of carbonyl (C=O) groups is 2. The van der Waals surface area contributed by atoms with Gasteiger partial charge in [0.2, 0.25) is 0 Å². The van der Waals surface area contributed by atoms with Gasteiger partial charge in [-0.15, -0.1) is 0 Å². The van der Waals surface area contributed by atoms with Crippen LogP contribution in [-0.4, -0.2) is 23.5 Å². The molecule has 2 saturated heterocycles. The van der Waals surface area contributed by atoms with E-state index < -0.39 is 40.7 Å². The first-order valence-electron chi connectivity index (χ1n) is 6.24. The molecule has 3 aliphatic heterocycles. The molecule has 2 fully saturated rings. The van der Waals surface area contributed by atoms with Crippen molar-refractivity contribution < 1.29 is 24.0 Å². The Morgan fingerprint density at radius 3 is 2.70 bits per heavy atom. The molecule has 0 N–H and O–H groups in total. The Bertz CT molecular complexity index is 669. The van der Waals surface area contributed by atoms with Crippen LogP contribution in [0.15, 0.2) is 18.2 Å². The van der Waals surface area contributed by atoms with Crippen LogP contribution in [0.4, 0.5) is 5.69 Å². The Labute approximate surface area is 112 Å². The number of hydrogen-bond donors (Lipinski definition) is 0. The topological polar surface area (TPSA) is 95.7 Å². The Kier molecular flexibility index (Phi) is 2.10. The monoisotopic (exact) mass is 275 g/mol. The first-order chi connectivity index (χ1) is 9.59. The first-order valence-corrected chi connectivity index (χ1v) is 6.24. The fourth-order valence-corrected chi connectivity index (χ4v) is 3.60. The lowest BCUT2D eigenvalue weighted by molar-refractivity contribution is -0.386. The number of esters is 2. The molecule has 20 heavy (non-hydrogen) atoms. The van der Waals surface area contributed by atoms with Crippen molar-refractivity contribution in [1.82, 2.24) is 0 Å². The van der Waals surface area contributed by atoms with Gasteiger partial charge < -0.3 is 9.47 Å². The summed E-state index contributed by atoms with van der Waals surface area (Å²) in [6.07, 6.45) is -0.626. The van der Waals surface area contributed by atoms with Crippen molar-refractivity contribution >= 4 is 17.6 Å². The number of nitrogens with zero attached hydrogens (tertiary/aromatic N) is 1. The number of benzene rings is 1. The van der Waals surface area contributed by atoms with E-state index in [-0.39, 0.29) is 12.3 Å². The first kappa shape index (κ1) is 11.5. The summed E-state index contributed by atoms with van der Waals surface area (Å²) in [7, 11) is 0. The molecule has 1 aromatic rings. The van der Waals surface area contributed by atoms with Crippen LogP contribution in [0.5, 0.6) is 0 Å². The fourth-order valence-electron chi connectivity index (χ4n) is 3.60. The summed E-state index contributed by atoms with van der Waals surface area (Å²) < 4.78 is 10.3. The summed E-state index contributed by atoms with van der Waals surface area (Å²) in [5.74, 6) is -3.00. The molecular weight excluding hydrogens is 266 g/mol. The van der Waals surface area contributed by atoms with Gasteiger partial charge in [-0.1, -0.05) is 12.1 Å². The Morgan fingerprint density at radius 2 is 1.95 bits per heavy atom. The second-order valence-corrected chi connectivity index (χ2v) is 5.19. The van der Waals surface area contributed by atoms with E-state index in [1.54, 1.807) is 12.1 Å². The standard InChI is InChI=1S/C13H9NO6/c15-12-9-6-4-19-11(10(9)13(16)20-12)5-2-1-3-7(8(5)6)14(17)18/h1-3,6,9-11H,4H2/t6-,9-,10+,11+/m1/s1. The lowest BCUT2D eigenvalue weighted by atomic mass is 9.66. The molecule has 5 rings (SSSR count). The maximum absolute atomic E-state index is 11.8. The van der Waals surface area contributed by atoms with Gasteiger partial charge in [-0.3, -0.25) is 19.7 Å². The number of nitro groups is 1. The molecule has 1 aliphatic carbocycles. The van der Waals surface area contributed by atoms with E-state index in [1.165, 1.54) is 6.07 Å². The van der Waals surface area contributed by atoms with Crippen LogP contribution in [-0.2, 0) is 19.1 Å². The maximum Gasteiger partial charge on any atom is 0.320 e. The van der Waals surface area contributed by atoms with Gasteiger partial charge in [0.1, 0.15) is 5.92 Å². The van der Waals surface area contributed by atoms with Crippen LogP contribution in [0.2, 0.25) is 0 Å². The number of ether oxygens (including phenoxy) is 2. The second-order valence-electron chi connectivity index (χ2n) is 5.19. The quantitative estimate of drug-likeness (QED) is 0.329. The maximum atomic E-state index is 11.8. The van der Waals surface area contributed by atoms with E-state index >= 15 is 0 Å². The minimum absolute atomic E-state index is 0.0219. The zero-order valence-corrected chi connectivity index (χ0v) is 10.1. The van der Waals surface area contributed by atoms with Crippen molar-refractivity contribution in [3.8, 4) is 0 Å². The minimum Gasteiger partial charge on any atom is -0.393 e. The highest BCUT2D eigenvalue weighted by Gasteiger charge is 2.61. The highest BCUT2D eigenvalue weighted by atomic mass is 16.6. The van der Waals surface area contributed by atoms with E-state index in [1.807, 2.05) is 0 Å². The van der Waals surface area contributed by atoms with Crippen LogP contribution in [0.25, 0.3) is 0 Å². The smallest absolute Gasteiger partial charge is 0.320 e. The molecule has 3 heterocycles. The predicted molar refractivity (Wildman–Crippen MR) is 62.6 cm³/mol. The van der Waals surface area contributed by atoms with Crippen LogP contribution >= 0.6 is 0 Å². The summed E-state index contributed by atoms with van der Waals surface area (Å²) >= 11 is 0. The molecule has 0 unspecified atom stereocenters. The summed E-state index contributed by atoms with van der Waals surface area (Å²) in [5, 5.41) is 11.2. The van der Waals surface area contributed by atoms with E-state index in [2.05, 4.69) is 0 Å². The molecule has 7 nitrogen and oxygen atoms in total. The van der Waals surface area contributed by atoms with Crippen molar-refractivity contribution in [2.75, 3.05) is 6.61 Å². The molecule has 0 aromatic heterocycles. The third kappa shape index (κ3) is 1.23. The Balaban J connectivity index is 1.96. The number of rotatable bonds is 1. The van der Waals surface area contributed by atoms with Crippen molar-refractivity contribution in [2.45, 2.75) is 12.0 Å². The number of hydrogen-bond acceptors (Lipinski definition) is 6. The minimum atomic E-state index is -0.671. The van der Waals surface area contributed by atoms with Gasteiger partial charge in [-0.25, -0.2) is 0 Å². The SMILES string of the molecule is O=C1OC(=O)[C@H]2[C@H]1[C@@H]1CO[C@H]2c2cccc([N+](=O)[O-])c21. The lowest BCUT2D eigenvalue weighted by Crippen LogP contribution is -2.44. The number of fused-ring (bicyclic) bond motifs is 1. The largest absolute Gasteiger partial charge is 0.393 e. The van der Waals surface area contributed by atoms with Crippen LogP contribution < -0.4 is 0 Å². The molecule has 4 atom stereocenters. The number of nitro benzene ring substituents is 1.